The molecule has 1 amide bonds. The summed E-state index contributed by atoms with van der Waals surface area (Å²) in [7, 11) is 0. The topological polar surface area (TPSA) is 41.6 Å². The van der Waals surface area contributed by atoms with E-state index in [1.165, 1.54) is 6.42 Å². The van der Waals surface area contributed by atoms with Gasteiger partial charge in [0.2, 0.25) is 5.91 Å². The quantitative estimate of drug-likeness (QED) is 0.770. The fourth-order valence-electron chi connectivity index (χ4n) is 2.46. The summed E-state index contributed by atoms with van der Waals surface area (Å²) >= 11 is 0. The minimum absolute atomic E-state index is 0.119. The summed E-state index contributed by atoms with van der Waals surface area (Å²) < 4.78 is 5.50. The van der Waals surface area contributed by atoms with Gasteiger partial charge in [0, 0.05) is 25.7 Å². The van der Waals surface area contributed by atoms with Crippen LogP contribution in [0.25, 0.3) is 0 Å². The molecule has 1 N–H and O–H groups in total. The van der Waals surface area contributed by atoms with Gasteiger partial charge in [-0.25, -0.2) is 0 Å². The van der Waals surface area contributed by atoms with E-state index in [-0.39, 0.29) is 18.0 Å². The summed E-state index contributed by atoms with van der Waals surface area (Å²) in [5, 5.41) is 3.43. The Bertz CT molecular complexity index is 263. The van der Waals surface area contributed by atoms with Crippen LogP contribution in [-0.2, 0) is 9.53 Å². The first-order chi connectivity index (χ1) is 9.06. The number of ether oxygens (including phenoxy) is 1. The Labute approximate surface area is 117 Å². The summed E-state index contributed by atoms with van der Waals surface area (Å²) in [6.07, 6.45) is 3.54. The van der Waals surface area contributed by atoms with Gasteiger partial charge in [-0.05, 0) is 39.0 Å². The average Bonchev–Trinajstić information content (AvgIpc) is 2.43. The highest BCUT2D eigenvalue weighted by molar-refractivity contribution is 5.81. The molecule has 0 spiro atoms. The zero-order chi connectivity index (χ0) is 14.3. The summed E-state index contributed by atoms with van der Waals surface area (Å²) in [5.74, 6) is 0.699. The molecule has 4 nitrogen and oxygen atoms in total. The number of likely N-dealkylation sites (tertiary alicyclic amines) is 1. The van der Waals surface area contributed by atoms with E-state index in [1.54, 1.807) is 0 Å². The molecule has 2 unspecified atom stereocenters. The van der Waals surface area contributed by atoms with Crippen LogP contribution in [0.2, 0.25) is 0 Å². The molecule has 4 heteroatoms. The summed E-state index contributed by atoms with van der Waals surface area (Å²) in [6, 6.07) is 0.120. The number of hydrogen-bond donors (Lipinski definition) is 1. The molecular weight excluding hydrogens is 240 g/mol. The molecule has 0 aromatic rings. The molecule has 0 saturated carbocycles. The second-order valence-corrected chi connectivity index (χ2v) is 5.78. The van der Waals surface area contributed by atoms with E-state index < -0.39 is 0 Å². The van der Waals surface area contributed by atoms with Crippen LogP contribution in [0.5, 0.6) is 0 Å². The molecule has 1 aliphatic heterocycles. The number of carbonyl (C=O) groups is 1. The first-order valence-corrected chi connectivity index (χ1v) is 7.68. The van der Waals surface area contributed by atoms with Gasteiger partial charge in [0.25, 0.3) is 0 Å². The van der Waals surface area contributed by atoms with Crippen molar-refractivity contribution in [1.29, 1.82) is 0 Å². The second-order valence-electron chi connectivity index (χ2n) is 5.78. The third-order valence-corrected chi connectivity index (χ3v) is 3.81. The SMILES string of the molecule is CCOCC(NC(C)C(=O)N1CCCCC1)C(C)C. The lowest BCUT2D eigenvalue weighted by atomic mass is 10.0. The first-order valence-electron chi connectivity index (χ1n) is 7.68. The van der Waals surface area contributed by atoms with Crippen LogP contribution in [0.1, 0.15) is 47.0 Å². The molecule has 1 rings (SSSR count). The summed E-state index contributed by atoms with van der Waals surface area (Å²) in [6.45, 7) is 11.5. The molecule has 0 aliphatic carbocycles. The highest BCUT2D eigenvalue weighted by Crippen LogP contribution is 2.11. The van der Waals surface area contributed by atoms with E-state index in [0.717, 1.165) is 32.5 Å². The van der Waals surface area contributed by atoms with Crippen molar-refractivity contribution in [3.63, 3.8) is 0 Å². The molecule has 0 bridgehead atoms. The van der Waals surface area contributed by atoms with Gasteiger partial charge in [-0.2, -0.15) is 0 Å². The lowest BCUT2D eigenvalue weighted by Crippen LogP contribution is -2.52. The lowest BCUT2D eigenvalue weighted by Gasteiger charge is -2.32. The van der Waals surface area contributed by atoms with Crippen molar-refractivity contribution in [3.05, 3.63) is 0 Å². The Kier molecular flexibility index (Phi) is 7.39. The number of carbonyl (C=O) groups excluding carboxylic acids is 1. The van der Waals surface area contributed by atoms with Crippen LogP contribution in [0.4, 0.5) is 0 Å². The Morgan fingerprint density at radius 2 is 1.84 bits per heavy atom. The normalized spacial score (nSPS) is 19.5. The molecule has 1 heterocycles. The third kappa shape index (κ3) is 5.49. The highest BCUT2D eigenvalue weighted by Gasteiger charge is 2.25. The van der Waals surface area contributed by atoms with Crippen molar-refractivity contribution in [1.82, 2.24) is 10.2 Å². The zero-order valence-electron chi connectivity index (χ0n) is 12.9. The number of nitrogens with zero attached hydrogens (tertiary/aromatic N) is 1. The van der Waals surface area contributed by atoms with E-state index in [4.69, 9.17) is 4.74 Å². The molecular formula is C15H30N2O2. The maximum Gasteiger partial charge on any atom is 0.239 e. The number of nitrogens with one attached hydrogen (secondary N) is 1. The molecule has 0 radical (unpaired) electrons. The Morgan fingerprint density at radius 3 is 2.37 bits per heavy atom. The first kappa shape index (κ1) is 16.4. The predicted octanol–water partition coefficient (Wildman–Crippen LogP) is 2.04. The Balaban J connectivity index is 2.45. The van der Waals surface area contributed by atoms with Crippen molar-refractivity contribution < 1.29 is 9.53 Å². The molecule has 1 fully saturated rings. The van der Waals surface area contributed by atoms with E-state index in [0.29, 0.717) is 12.5 Å². The van der Waals surface area contributed by atoms with Gasteiger partial charge in [-0.3, -0.25) is 4.79 Å². The summed E-state index contributed by atoms with van der Waals surface area (Å²) in [4.78, 5) is 14.4. The van der Waals surface area contributed by atoms with Crippen molar-refractivity contribution in [2.45, 2.75) is 59.0 Å². The van der Waals surface area contributed by atoms with Crippen LogP contribution in [-0.4, -0.2) is 49.2 Å². The van der Waals surface area contributed by atoms with Gasteiger partial charge in [0.1, 0.15) is 0 Å². The van der Waals surface area contributed by atoms with E-state index in [2.05, 4.69) is 19.2 Å². The molecule has 112 valence electrons. The van der Waals surface area contributed by atoms with Gasteiger partial charge in [-0.1, -0.05) is 13.8 Å². The van der Waals surface area contributed by atoms with Crippen LogP contribution < -0.4 is 5.32 Å². The van der Waals surface area contributed by atoms with Crippen molar-refractivity contribution in [2.24, 2.45) is 5.92 Å². The van der Waals surface area contributed by atoms with Gasteiger partial charge in [-0.15, -0.1) is 0 Å². The van der Waals surface area contributed by atoms with E-state index in [1.807, 2.05) is 18.7 Å². The number of amides is 1. The fourth-order valence-corrected chi connectivity index (χ4v) is 2.46. The van der Waals surface area contributed by atoms with Crippen LogP contribution in [0.3, 0.4) is 0 Å². The Morgan fingerprint density at radius 1 is 1.21 bits per heavy atom. The monoisotopic (exact) mass is 270 g/mol. The standard InChI is InChI=1S/C15H30N2O2/c1-5-19-11-14(12(2)3)16-13(4)15(18)17-9-7-6-8-10-17/h12-14,16H,5-11H2,1-4H3. The second kappa shape index (κ2) is 8.54. The largest absolute Gasteiger partial charge is 0.380 e. The average molecular weight is 270 g/mol. The van der Waals surface area contributed by atoms with Crippen molar-refractivity contribution in [2.75, 3.05) is 26.3 Å². The van der Waals surface area contributed by atoms with Gasteiger partial charge >= 0.3 is 0 Å². The molecule has 19 heavy (non-hydrogen) atoms. The van der Waals surface area contributed by atoms with Crippen LogP contribution in [0, 0.1) is 5.92 Å². The van der Waals surface area contributed by atoms with Crippen LogP contribution in [0.15, 0.2) is 0 Å². The summed E-state index contributed by atoms with van der Waals surface area (Å²) in [5.41, 5.74) is 0. The Hall–Kier alpha value is -0.610. The van der Waals surface area contributed by atoms with Gasteiger partial charge in [0.15, 0.2) is 0 Å². The van der Waals surface area contributed by atoms with Gasteiger partial charge in [0.05, 0.1) is 12.6 Å². The number of piperidine rings is 1. The van der Waals surface area contributed by atoms with E-state index >= 15 is 0 Å². The van der Waals surface area contributed by atoms with E-state index in [9.17, 15) is 4.79 Å². The molecule has 1 aliphatic rings. The minimum atomic E-state index is -0.119. The molecule has 1 saturated heterocycles. The van der Waals surface area contributed by atoms with Crippen LogP contribution >= 0.6 is 0 Å². The number of rotatable bonds is 7. The predicted molar refractivity (Wildman–Crippen MR) is 78.1 cm³/mol. The van der Waals surface area contributed by atoms with Crippen molar-refractivity contribution >= 4 is 5.91 Å². The molecule has 0 aromatic carbocycles. The smallest absolute Gasteiger partial charge is 0.239 e. The lowest BCUT2D eigenvalue weighted by molar-refractivity contribution is -0.134. The van der Waals surface area contributed by atoms with Crippen molar-refractivity contribution in [3.8, 4) is 0 Å². The molecule has 2 atom stereocenters. The highest BCUT2D eigenvalue weighted by atomic mass is 16.5. The van der Waals surface area contributed by atoms with Gasteiger partial charge < -0.3 is 15.0 Å². The maximum absolute atomic E-state index is 12.4. The number of hydrogen-bond acceptors (Lipinski definition) is 3. The minimum Gasteiger partial charge on any atom is -0.380 e. The fraction of sp³-hybridized carbons (Fsp3) is 0.933. The maximum atomic E-state index is 12.4. The molecule has 0 aromatic heterocycles. The third-order valence-electron chi connectivity index (χ3n) is 3.81. The zero-order valence-corrected chi connectivity index (χ0v) is 12.9.